The predicted octanol–water partition coefficient (Wildman–Crippen LogP) is 13.4. The van der Waals surface area contributed by atoms with Gasteiger partial charge in [0.2, 0.25) is 0 Å². The van der Waals surface area contributed by atoms with Crippen LogP contribution in [0.3, 0.4) is 0 Å². The minimum absolute atomic E-state index is 0.616. The van der Waals surface area contributed by atoms with Gasteiger partial charge < -0.3 is 9.13 Å². The third-order valence-corrected chi connectivity index (χ3v) is 11.5. The largest absolute Gasteiger partial charge is 0.309 e. The molecule has 5 heteroatoms. The Morgan fingerprint density at radius 1 is 0.328 bits per heavy atom. The predicted molar refractivity (Wildman–Crippen MR) is 240 cm³/mol. The Morgan fingerprint density at radius 3 is 1.71 bits per heavy atom. The molecule has 3 heterocycles. The normalized spacial score (nSPS) is 11.8. The van der Waals surface area contributed by atoms with Gasteiger partial charge in [-0.3, -0.25) is 0 Å². The van der Waals surface area contributed by atoms with E-state index in [4.69, 9.17) is 15.0 Å². The number of hydrogen-bond donors (Lipinski definition) is 0. The molecule has 270 valence electrons. The van der Waals surface area contributed by atoms with Crippen LogP contribution in [0.4, 0.5) is 0 Å². The molecule has 0 aliphatic heterocycles. The van der Waals surface area contributed by atoms with E-state index in [-0.39, 0.29) is 0 Å². The Bertz CT molecular complexity index is 3560. The van der Waals surface area contributed by atoms with Crippen molar-refractivity contribution in [2.45, 2.75) is 0 Å². The van der Waals surface area contributed by atoms with E-state index >= 15 is 0 Å². The van der Waals surface area contributed by atoms with E-state index in [1.807, 2.05) is 18.2 Å². The fourth-order valence-corrected chi connectivity index (χ4v) is 8.99. The number of para-hydroxylation sites is 3. The monoisotopic (exact) mass is 739 g/mol. The molecule has 0 atom stereocenters. The highest BCUT2D eigenvalue weighted by molar-refractivity contribution is 6.19. The number of fused-ring (bicyclic) bond motifs is 9. The highest BCUT2D eigenvalue weighted by Gasteiger charge is 2.22. The maximum atomic E-state index is 5.40. The summed E-state index contributed by atoms with van der Waals surface area (Å²) in [5, 5.41) is 9.37. The first-order valence-corrected chi connectivity index (χ1v) is 19.6. The van der Waals surface area contributed by atoms with E-state index in [1.165, 1.54) is 27.1 Å². The lowest BCUT2D eigenvalue weighted by atomic mass is 10.0. The summed E-state index contributed by atoms with van der Waals surface area (Å²) >= 11 is 0. The van der Waals surface area contributed by atoms with Crippen LogP contribution in [-0.2, 0) is 0 Å². The van der Waals surface area contributed by atoms with Gasteiger partial charge in [0.15, 0.2) is 17.5 Å². The molecule has 0 aliphatic rings. The molecule has 0 unspecified atom stereocenters. The Balaban J connectivity index is 1.16. The molecule has 0 saturated heterocycles. The molecule has 0 amide bonds. The summed E-state index contributed by atoms with van der Waals surface area (Å²) in [6.45, 7) is 0. The molecule has 3 aromatic heterocycles. The number of hydrogen-bond acceptors (Lipinski definition) is 3. The number of benzene rings is 9. The van der Waals surface area contributed by atoms with Crippen molar-refractivity contribution in [1.82, 2.24) is 24.1 Å². The molecule has 0 radical (unpaired) electrons. The van der Waals surface area contributed by atoms with Crippen molar-refractivity contribution in [1.29, 1.82) is 0 Å². The van der Waals surface area contributed by atoms with Gasteiger partial charge in [-0.15, -0.1) is 0 Å². The third kappa shape index (κ3) is 4.93. The molecule has 5 nitrogen and oxygen atoms in total. The van der Waals surface area contributed by atoms with Crippen molar-refractivity contribution < 1.29 is 0 Å². The van der Waals surface area contributed by atoms with Crippen LogP contribution in [0.25, 0.3) is 111 Å². The van der Waals surface area contributed by atoms with Gasteiger partial charge in [-0.2, -0.15) is 0 Å². The first kappa shape index (κ1) is 32.4. The van der Waals surface area contributed by atoms with Gasteiger partial charge >= 0.3 is 0 Å². The molecule has 9 aromatic carbocycles. The van der Waals surface area contributed by atoms with Gasteiger partial charge in [-0.25, -0.2) is 15.0 Å². The van der Waals surface area contributed by atoms with E-state index in [0.29, 0.717) is 17.5 Å². The lowest BCUT2D eigenvalue weighted by Crippen LogP contribution is -2.02. The summed E-state index contributed by atoms with van der Waals surface area (Å²) in [6.07, 6.45) is 0. The van der Waals surface area contributed by atoms with Crippen molar-refractivity contribution >= 4 is 65.2 Å². The summed E-state index contributed by atoms with van der Waals surface area (Å²) in [5.41, 5.74) is 9.55. The van der Waals surface area contributed by atoms with Gasteiger partial charge in [-0.1, -0.05) is 158 Å². The second-order valence-electron chi connectivity index (χ2n) is 14.8. The van der Waals surface area contributed by atoms with E-state index in [2.05, 4.69) is 191 Å². The highest BCUT2D eigenvalue weighted by atomic mass is 15.0. The van der Waals surface area contributed by atoms with Crippen LogP contribution in [0, 0.1) is 0 Å². The standard InChI is InChI=1S/C53H33N5/c1-3-17-35(18-4-1)51-54-52(56-53(55-51)44-26-15-29-47-49(44)43-25-12-14-28-46(43)57(47)38-20-5-2-6-21-38)37-32-36-19-8-9-22-39(36)48(33-37)58-45-27-13-11-24-41(45)42-31-30-34-16-7-10-23-40(34)50(42)58/h1-33H. The van der Waals surface area contributed by atoms with Crippen molar-refractivity contribution in [2.24, 2.45) is 0 Å². The second kappa shape index (κ2) is 12.8. The smallest absolute Gasteiger partial charge is 0.164 e. The molecular formula is C53H33N5. The molecule has 0 bridgehead atoms. The van der Waals surface area contributed by atoms with E-state index in [9.17, 15) is 0 Å². The third-order valence-electron chi connectivity index (χ3n) is 11.5. The lowest BCUT2D eigenvalue weighted by molar-refractivity contribution is 1.07. The molecule has 12 aromatic rings. The molecule has 58 heavy (non-hydrogen) atoms. The average molecular weight is 740 g/mol. The van der Waals surface area contributed by atoms with Crippen LogP contribution in [0.15, 0.2) is 200 Å². The zero-order valence-electron chi connectivity index (χ0n) is 31.3. The highest BCUT2D eigenvalue weighted by Crippen LogP contribution is 2.41. The number of nitrogens with zero attached hydrogens (tertiary/aromatic N) is 5. The van der Waals surface area contributed by atoms with Gasteiger partial charge in [0.05, 0.1) is 27.8 Å². The van der Waals surface area contributed by atoms with Crippen molar-refractivity contribution in [2.75, 3.05) is 0 Å². The van der Waals surface area contributed by atoms with Gasteiger partial charge in [0.25, 0.3) is 0 Å². The Morgan fingerprint density at radius 2 is 0.914 bits per heavy atom. The number of rotatable bonds is 5. The van der Waals surface area contributed by atoms with E-state index in [0.717, 1.165) is 66.2 Å². The summed E-state index contributed by atoms with van der Waals surface area (Å²) in [4.78, 5) is 15.9. The van der Waals surface area contributed by atoms with Gasteiger partial charge in [-0.05, 0) is 53.2 Å². The first-order valence-electron chi connectivity index (χ1n) is 19.6. The Hall–Kier alpha value is -7.89. The topological polar surface area (TPSA) is 48.5 Å². The van der Waals surface area contributed by atoms with Crippen LogP contribution in [0.5, 0.6) is 0 Å². The fraction of sp³-hybridized carbons (Fsp3) is 0. The van der Waals surface area contributed by atoms with Crippen LogP contribution >= 0.6 is 0 Å². The van der Waals surface area contributed by atoms with Crippen molar-refractivity contribution in [3.63, 3.8) is 0 Å². The number of aromatic nitrogens is 5. The summed E-state index contributed by atoms with van der Waals surface area (Å²) in [7, 11) is 0. The first-order chi connectivity index (χ1) is 28.8. The Kier molecular flexibility index (Phi) is 7.16. The maximum absolute atomic E-state index is 5.40. The van der Waals surface area contributed by atoms with Gasteiger partial charge in [0, 0.05) is 54.7 Å². The molecule has 0 spiro atoms. The average Bonchev–Trinajstić information content (AvgIpc) is 3.82. The fourth-order valence-electron chi connectivity index (χ4n) is 8.99. The summed E-state index contributed by atoms with van der Waals surface area (Å²) in [5.74, 6) is 1.87. The van der Waals surface area contributed by atoms with Crippen molar-refractivity contribution in [3.8, 4) is 45.5 Å². The molecule has 0 saturated carbocycles. The van der Waals surface area contributed by atoms with Crippen LogP contribution in [0.1, 0.15) is 0 Å². The molecule has 0 aliphatic carbocycles. The van der Waals surface area contributed by atoms with Crippen LogP contribution < -0.4 is 0 Å². The summed E-state index contributed by atoms with van der Waals surface area (Å²) in [6, 6.07) is 70.9. The van der Waals surface area contributed by atoms with E-state index in [1.54, 1.807) is 0 Å². The minimum Gasteiger partial charge on any atom is -0.309 e. The molecular weight excluding hydrogens is 707 g/mol. The van der Waals surface area contributed by atoms with Crippen LogP contribution in [-0.4, -0.2) is 24.1 Å². The maximum Gasteiger partial charge on any atom is 0.164 e. The molecule has 0 fully saturated rings. The second-order valence-corrected chi connectivity index (χ2v) is 14.8. The molecule has 12 rings (SSSR count). The van der Waals surface area contributed by atoms with Gasteiger partial charge in [0.1, 0.15) is 0 Å². The van der Waals surface area contributed by atoms with Crippen molar-refractivity contribution in [3.05, 3.63) is 200 Å². The Labute approximate surface area is 333 Å². The lowest BCUT2D eigenvalue weighted by Gasteiger charge is -2.16. The van der Waals surface area contributed by atoms with Crippen LogP contribution in [0.2, 0.25) is 0 Å². The summed E-state index contributed by atoms with van der Waals surface area (Å²) < 4.78 is 4.78. The zero-order chi connectivity index (χ0) is 38.2. The van der Waals surface area contributed by atoms with E-state index < -0.39 is 0 Å². The molecule has 0 N–H and O–H groups in total. The quantitative estimate of drug-likeness (QED) is 0.177. The minimum atomic E-state index is 0.616. The SMILES string of the molecule is c1ccc(-c2nc(-c3cc(-n4c5ccccc5c5ccc6ccccc6c54)c4ccccc4c3)nc(-c3cccc4c3c3ccccc3n4-c3ccccc3)n2)cc1. The zero-order valence-corrected chi connectivity index (χ0v) is 31.3.